The van der Waals surface area contributed by atoms with Gasteiger partial charge in [-0.3, -0.25) is 4.90 Å². The quantitative estimate of drug-likeness (QED) is 0.831. The Kier molecular flexibility index (Phi) is 5.31. The van der Waals surface area contributed by atoms with Crippen LogP contribution in [-0.4, -0.2) is 63.1 Å². The number of halogens is 1. The molecule has 0 N–H and O–H groups in total. The van der Waals surface area contributed by atoms with Crippen molar-refractivity contribution < 1.29 is 17.5 Å². The van der Waals surface area contributed by atoms with E-state index in [4.69, 9.17) is 4.74 Å². The first kappa shape index (κ1) is 16.8. The SMILES string of the molecule is O=S(=O)(Cc1ccccc1F)N1CCCC(N2CCOCC2)C1. The Bertz CT molecular complexity index is 632. The molecule has 5 nitrogen and oxygen atoms in total. The zero-order chi connectivity index (χ0) is 16.3. The van der Waals surface area contributed by atoms with Crippen molar-refractivity contribution >= 4 is 10.0 Å². The van der Waals surface area contributed by atoms with Gasteiger partial charge in [-0.2, -0.15) is 0 Å². The summed E-state index contributed by atoms with van der Waals surface area (Å²) in [5.41, 5.74) is 0.237. The van der Waals surface area contributed by atoms with Gasteiger partial charge in [0.15, 0.2) is 0 Å². The second-order valence-electron chi connectivity index (χ2n) is 6.15. The highest BCUT2D eigenvalue weighted by molar-refractivity contribution is 7.88. The van der Waals surface area contributed by atoms with Crippen molar-refractivity contribution in [3.8, 4) is 0 Å². The van der Waals surface area contributed by atoms with Crippen molar-refractivity contribution in [3.63, 3.8) is 0 Å². The maximum absolute atomic E-state index is 13.7. The van der Waals surface area contributed by atoms with Gasteiger partial charge in [0.25, 0.3) is 0 Å². The third-order valence-electron chi connectivity index (χ3n) is 4.61. The van der Waals surface area contributed by atoms with E-state index in [1.54, 1.807) is 12.1 Å². The number of ether oxygens (including phenoxy) is 1. The van der Waals surface area contributed by atoms with E-state index in [0.717, 1.165) is 25.9 Å². The van der Waals surface area contributed by atoms with Crippen LogP contribution in [0.1, 0.15) is 18.4 Å². The third-order valence-corrected chi connectivity index (χ3v) is 6.40. The predicted molar refractivity (Wildman–Crippen MR) is 86.0 cm³/mol. The Morgan fingerprint density at radius 3 is 2.65 bits per heavy atom. The van der Waals surface area contributed by atoms with Gasteiger partial charge >= 0.3 is 0 Å². The molecule has 2 saturated heterocycles. The van der Waals surface area contributed by atoms with Gasteiger partial charge in [-0.05, 0) is 18.9 Å². The number of sulfonamides is 1. The van der Waals surface area contributed by atoms with Crippen molar-refractivity contribution in [3.05, 3.63) is 35.6 Å². The molecule has 2 heterocycles. The number of hydrogen-bond donors (Lipinski definition) is 0. The van der Waals surface area contributed by atoms with Gasteiger partial charge in [-0.25, -0.2) is 17.1 Å². The summed E-state index contributed by atoms with van der Waals surface area (Å²) in [6.07, 6.45) is 1.85. The standard InChI is InChI=1S/C16H23FN2O3S/c17-16-6-2-1-4-14(16)13-23(20,21)19-7-3-5-15(12-19)18-8-10-22-11-9-18/h1-2,4,6,15H,3,5,7-13H2. The second kappa shape index (κ2) is 7.25. The summed E-state index contributed by atoms with van der Waals surface area (Å²) >= 11 is 0. The molecule has 0 spiro atoms. The van der Waals surface area contributed by atoms with Gasteiger partial charge in [0.1, 0.15) is 5.82 Å². The Morgan fingerprint density at radius 2 is 1.91 bits per heavy atom. The van der Waals surface area contributed by atoms with Crippen molar-refractivity contribution in [2.75, 3.05) is 39.4 Å². The molecule has 2 aliphatic rings. The van der Waals surface area contributed by atoms with Gasteiger partial charge < -0.3 is 4.74 Å². The highest BCUT2D eigenvalue weighted by Gasteiger charge is 2.32. The Labute approximate surface area is 137 Å². The Balaban J connectivity index is 1.68. The van der Waals surface area contributed by atoms with Crippen LogP contribution in [-0.2, 0) is 20.5 Å². The smallest absolute Gasteiger partial charge is 0.218 e. The maximum Gasteiger partial charge on any atom is 0.218 e. The van der Waals surface area contributed by atoms with Crippen molar-refractivity contribution in [1.29, 1.82) is 0 Å². The molecular formula is C16H23FN2O3S. The summed E-state index contributed by atoms with van der Waals surface area (Å²) in [4.78, 5) is 2.31. The highest BCUT2D eigenvalue weighted by Crippen LogP contribution is 2.22. The zero-order valence-corrected chi connectivity index (χ0v) is 14.0. The van der Waals surface area contributed by atoms with Crippen LogP contribution >= 0.6 is 0 Å². The molecule has 1 unspecified atom stereocenters. The fraction of sp³-hybridized carbons (Fsp3) is 0.625. The number of benzene rings is 1. The minimum absolute atomic E-state index is 0.237. The van der Waals surface area contributed by atoms with Gasteiger partial charge in [0.05, 0.1) is 19.0 Å². The van der Waals surface area contributed by atoms with Crippen LogP contribution in [0.5, 0.6) is 0 Å². The van der Waals surface area contributed by atoms with Gasteiger partial charge in [0, 0.05) is 37.8 Å². The lowest BCUT2D eigenvalue weighted by Crippen LogP contribution is -2.52. The monoisotopic (exact) mass is 342 g/mol. The van der Waals surface area contributed by atoms with E-state index >= 15 is 0 Å². The van der Waals surface area contributed by atoms with Crippen LogP contribution in [0, 0.1) is 5.82 Å². The number of piperidine rings is 1. The van der Waals surface area contributed by atoms with E-state index in [9.17, 15) is 12.8 Å². The second-order valence-corrected chi connectivity index (χ2v) is 8.12. The number of hydrogen-bond acceptors (Lipinski definition) is 4. The first-order chi connectivity index (χ1) is 11.1. The lowest BCUT2D eigenvalue weighted by molar-refractivity contribution is 0.00536. The van der Waals surface area contributed by atoms with Crippen LogP contribution in [0.4, 0.5) is 4.39 Å². The van der Waals surface area contributed by atoms with Crippen LogP contribution < -0.4 is 0 Å². The van der Waals surface area contributed by atoms with Crippen LogP contribution in [0.25, 0.3) is 0 Å². The minimum Gasteiger partial charge on any atom is -0.379 e. The molecule has 0 saturated carbocycles. The van der Waals surface area contributed by atoms with Crippen LogP contribution in [0.15, 0.2) is 24.3 Å². The zero-order valence-electron chi connectivity index (χ0n) is 13.2. The molecule has 2 fully saturated rings. The molecule has 2 aliphatic heterocycles. The molecule has 7 heteroatoms. The molecule has 0 aliphatic carbocycles. The molecule has 3 rings (SSSR count). The summed E-state index contributed by atoms with van der Waals surface area (Å²) in [5, 5.41) is 0. The summed E-state index contributed by atoms with van der Waals surface area (Å²) in [6.45, 7) is 4.14. The highest BCUT2D eigenvalue weighted by atomic mass is 32.2. The molecule has 0 bridgehead atoms. The topological polar surface area (TPSA) is 49.9 Å². The van der Waals surface area contributed by atoms with E-state index in [1.807, 2.05) is 0 Å². The van der Waals surface area contributed by atoms with Gasteiger partial charge in [-0.15, -0.1) is 0 Å². The average molecular weight is 342 g/mol. The van der Waals surface area contributed by atoms with Crippen molar-refractivity contribution in [1.82, 2.24) is 9.21 Å². The summed E-state index contributed by atoms with van der Waals surface area (Å²) in [7, 11) is -3.50. The summed E-state index contributed by atoms with van der Waals surface area (Å²) < 4.78 is 45.9. The number of nitrogens with zero attached hydrogens (tertiary/aromatic N) is 2. The summed E-state index contributed by atoms with van der Waals surface area (Å²) in [5.74, 6) is -0.729. The van der Waals surface area contributed by atoms with Crippen molar-refractivity contribution in [2.24, 2.45) is 0 Å². The third kappa shape index (κ3) is 4.09. The maximum atomic E-state index is 13.7. The van der Waals surface area contributed by atoms with E-state index in [-0.39, 0.29) is 17.4 Å². The van der Waals surface area contributed by atoms with E-state index in [2.05, 4.69) is 4.90 Å². The van der Waals surface area contributed by atoms with E-state index in [0.29, 0.717) is 26.3 Å². The lowest BCUT2D eigenvalue weighted by Gasteiger charge is -2.40. The molecule has 1 atom stereocenters. The fourth-order valence-corrected chi connectivity index (χ4v) is 4.93. The predicted octanol–water partition coefficient (Wildman–Crippen LogP) is 1.45. The molecule has 1 aromatic rings. The van der Waals surface area contributed by atoms with Gasteiger partial charge in [-0.1, -0.05) is 18.2 Å². The largest absolute Gasteiger partial charge is 0.379 e. The first-order valence-electron chi connectivity index (χ1n) is 8.09. The van der Waals surface area contributed by atoms with Gasteiger partial charge in [0.2, 0.25) is 10.0 Å². The normalized spacial score (nSPS) is 24.7. The Hall–Kier alpha value is -1.02. The fourth-order valence-electron chi connectivity index (χ4n) is 3.32. The molecule has 0 radical (unpaired) electrons. The molecule has 0 aromatic heterocycles. The Morgan fingerprint density at radius 1 is 1.17 bits per heavy atom. The van der Waals surface area contributed by atoms with E-state index < -0.39 is 15.8 Å². The van der Waals surface area contributed by atoms with E-state index in [1.165, 1.54) is 16.4 Å². The number of morpholine rings is 1. The molecular weight excluding hydrogens is 319 g/mol. The molecule has 23 heavy (non-hydrogen) atoms. The first-order valence-corrected chi connectivity index (χ1v) is 9.70. The molecule has 1 aromatic carbocycles. The van der Waals surface area contributed by atoms with Crippen molar-refractivity contribution in [2.45, 2.75) is 24.6 Å². The molecule has 128 valence electrons. The molecule has 0 amide bonds. The lowest BCUT2D eigenvalue weighted by atomic mass is 10.1. The minimum atomic E-state index is -3.50. The van der Waals surface area contributed by atoms with Crippen LogP contribution in [0.3, 0.4) is 0 Å². The summed E-state index contributed by atoms with van der Waals surface area (Å²) in [6, 6.07) is 6.32. The average Bonchev–Trinajstić information content (AvgIpc) is 2.58. The number of rotatable bonds is 4. The van der Waals surface area contributed by atoms with Crippen LogP contribution in [0.2, 0.25) is 0 Å².